The molecule has 0 aromatic heterocycles. The number of carbonyl (C=O) groups excluding carboxylic acids is 2. The van der Waals surface area contributed by atoms with Crippen molar-refractivity contribution in [1.82, 2.24) is 4.31 Å². The normalized spacial score (nSPS) is 16.0. The molecule has 33 heavy (non-hydrogen) atoms. The monoisotopic (exact) mass is 472 g/mol. The zero-order valence-electron chi connectivity index (χ0n) is 19.7. The Bertz CT molecular complexity index is 1110. The molecule has 1 aliphatic rings. The lowest BCUT2D eigenvalue weighted by Crippen LogP contribution is -2.32. The Labute approximate surface area is 196 Å². The molecule has 1 N–H and O–H groups in total. The molecule has 0 radical (unpaired) electrons. The topological polar surface area (TPSA) is 92.8 Å². The standard InChI is InChI=1S/C25H32N2O5S/c1-17-14-18(2)23(19(3)15-17)26-24(28)20(4)32-25(29)21-10-9-11-22(16-21)33(30,31)27-12-7-5-6-8-13-27/h9-11,14-16,20H,5-8,12-13H2,1-4H3,(H,26,28). The molecule has 0 saturated carbocycles. The van der Waals surface area contributed by atoms with E-state index in [1.165, 1.54) is 35.5 Å². The van der Waals surface area contributed by atoms with E-state index in [4.69, 9.17) is 4.74 Å². The van der Waals surface area contributed by atoms with Crippen molar-refractivity contribution in [3.05, 3.63) is 58.7 Å². The Morgan fingerprint density at radius 1 is 0.970 bits per heavy atom. The van der Waals surface area contributed by atoms with E-state index in [2.05, 4.69) is 5.32 Å². The van der Waals surface area contributed by atoms with Gasteiger partial charge in [-0.05, 0) is 69.9 Å². The molecule has 0 spiro atoms. The first-order valence-electron chi connectivity index (χ1n) is 11.3. The third-order valence-corrected chi connectivity index (χ3v) is 7.75. The first kappa shape index (κ1) is 24.9. The first-order chi connectivity index (χ1) is 15.6. The van der Waals surface area contributed by atoms with Gasteiger partial charge in [-0.15, -0.1) is 0 Å². The molecule has 3 rings (SSSR count). The molecule has 7 nitrogen and oxygen atoms in total. The van der Waals surface area contributed by atoms with E-state index in [0.29, 0.717) is 18.8 Å². The third-order valence-electron chi connectivity index (χ3n) is 5.85. The second kappa shape index (κ2) is 10.5. The van der Waals surface area contributed by atoms with E-state index < -0.39 is 28.0 Å². The molecule has 1 atom stereocenters. The summed E-state index contributed by atoms with van der Waals surface area (Å²) in [5, 5.41) is 2.83. The van der Waals surface area contributed by atoms with Crippen molar-refractivity contribution >= 4 is 27.6 Å². The van der Waals surface area contributed by atoms with Crippen LogP contribution in [0, 0.1) is 20.8 Å². The average Bonchev–Trinajstić information content (AvgIpc) is 3.06. The predicted molar refractivity (Wildman–Crippen MR) is 128 cm³/mol. The molecule has 0 bridgehead atoms. The Kier molecular flexibility index (Phi) is 7.92. The number of rotatable bonds is 6. The maximum atomic E-state index is 13.0. The second-order valence-electron chi connectivity index (χ2n) is 8.66. The second-order valence-corrected chi connectivity index (χ2v) is 10.6. The number of carbonyl (C=O) groups is 2. The van der Waals surface area contributed by atoms with Crippen LogP contribution in [0.5, 0.6) is 0 Å². The smallest absolute Gasteiger partial charge is 0.338 e. The Morgan fingerprint density at radius 3 is 2.18 bits per heavy atom. The molecule has 1 fully saturated rings. The van der Waals surface area contributed by atoms with Crippen LogP contribution in [0.1, 0.15) is 59.7 Å². The van der Waals surface area contributed by atoms with E-state index in [1.54, 1.807) is 0 Å². The van der Waals surface area contributed by atoms with Gasteiger partial charge in [0.1, 0.15) is 0 Å². The molecular weight excluding hydrogens is 440 g/mol. The van der Waals surface area contributed by atoms with Crippen molar-refractivity contribution in [2.75, 3.05) is 18.4 Å². The molecule has 2 aromatic carbocycles. The van der Waals surface area contributed by atoms with Crippen LogP contribution in [0.15, 0.2) is 41.3 Å². The Hall–Kier alpha value is -2.71. The van der Waals surface area contributed by atoms with Gasteiger partial charge in [0.05, 0.1) is 10.5 Å². The van der Waals surface area contributed by atoms with E-state index in [0.717, 1.165) is 42.4 Å². The van der Waals surface area contributed by atoms with Gasteiger partial charge in [0.15, 0.2) is 6.10 Å². The molecule has 178 valence electrons. The SMILES string of the molecule is Cc1cc(C)c(NC(=O)C(C)OC(=O)c2cccc(S(=O)(=O)N3CCCCCC3)c2)c(C)c1. The summed E-state index contributed by atoms with van der Waals surface area (Å²) >= 11 is 0. The lowest BCUT2D eigenvalue weighted by Gasteiger charge is -2.20. The Morgan fingerprint density at radius 2 is 1.58 bits per heavy atom. The molecular formula is C25H32N2O5S. The lowest BCUT2D eigenvalue weighted by atomic mass is 10.0. The van der Waals surface area contributed by atoms with Gasteiger partial charge in [-0.1, -0.05) is 36.6 Å². The van der Waals surface area contributed by atoms with Crippen molar-refractivity contribution < 1.29 is 22.7 Å². The summed E-state index contributed by atoms with van der Waals surface area (Å²) in [6.45, 7) is 8.24. The fourth-order valence-electron chi connectivity index (χ4n) is 4.10. The number of hydrogen-bond donors (Lipinski definition) is 1. The number of hydrogen-bond acceptors (Lipinski definition) is 5. The highest BCUT2D eigenvalue weighted by molar-refractivity contribution is 7.89. The van der Waals surface area contributed by atoms with E-state index in [-0.39, 0.29) is 10.5 Å². The van der Waals surface area contributed by atoms with Crippen molar-refractivity contribution in [2.45, 2.75) is 64.4 Å². The van der Waals surface area contributed by atoms with Crippen LogP contribution in [0.25, 0.3) is 0 Å². The van der Waals surface area contributed by atoms with Crippen LogP contribution in [-0.2, 0) is 19.6 Å². The maximum absolute atomic E-state index is 13.0. The van der Waals surface area contributed by atoms with Gasteiger partial charge in [-0.2, -0.15) is 4.31 Å². The largest absolute Gasteiger partial charge is 0.449 e. The summed E-state index contributed by atoms with van der Waals surface area (Å²) in [5.74, 6) is -1.20. The highest BCUT2D eigenvalue weighted by Gasteiger charge is 2.27. The summed E-state index contributed by atoms with van der Waals surface area (Å²) in [6.07, 6.45) is 2.63. The minimum atomic E-state index is -3.69. The number of anilines is 1. The maximum Gasteiger partial charge on any atom is 0.338 e. The molecule has 8 heteroatoms. The first-order valence-corrected chi connectivity index (χ1v) is 12.7. The third kappa shape index (κ3) is 6.00. The van der Waals surface area contributed by atoms with E-state index in [1.807, 2.05) is 32.9 Å². The number of nitrogens with one attached hydrogen (secondary N) is 1. The van der Waals surface area contributed by atoms with Crippen LogP contribution in [-0.4, -0.2) is 43.8 Å². The van der Waals surface area contributed by atoms with Crippen molar-refractivity contribution in [3.8, 4) is 0 Å². The number of amides is 1. The summed E-state index contributed by atoms with van der Waals surface area (Å²) in [6, 6.07) is 9.75. The summed E-state index contributed by atoms with van der Waals surface area (Å²) in [7, 11) is -3.69. The zero-order chi connectivity index (χ0) is 24.2. The minimum absolute atomic E-state index is 0.0573. The van der Waals surface area contributed by atoms with Crippen LogP contribution in [0.3, 0.4) is 0 Å². The lowest BCUT2D eigenvalue weighted by molar-refractivity contribution is -0.123. The minimum Gasteiger partial charge on any atom is -0.449 e. The molecule has 1 amide bonds. The van der Waals surface area contributed by atoms with Crippen molar-refractivity contribution in [2.24, 2.45) is 0 Å². The van der Waals surface area contributed by atoms with Gasteiger partial charge in [-0.3, -0.25) is 4.79 Å². The quantitative estimate of drug-likeness (QED) is 0.631. The fraction of sp³-hybridized carbons (Fsp3) is 0.440. The van der Waals surface area contributed by atoms with Crippen LogP contribution >= 0.6 is 0 Å². The molecule has 1 unspecified atom stereocenters. The molecule has 2 aromatic rings. The van der Waals surface area contributed by atoms with Gasteiger partial charge < -0.3 is 10.1 Å². The summed E-state index contributed by atoms with van der Waals surface area (Å²) in [5.41, 5.74) is 3.72. The predicted octanol–water partition coefficient (Wildman–Crippen LogP) is 4.36. The zero-order valence-corrected chi connectivity index (χ0v) is 20.5. The van der Waals surface area contributed by atoms with E-state index >= 15 is 0 Å². The van der Waals surface area contributed by atoms with E-state index in [9.17, 15) is 18.0 Å². The highest BCUT2D eigenvalue weighted by atomic mass is 32.2. The number of benzene rings is 2. The van der Waals surface area contributed by atoms with Crippen molar-refractivity contribution in [1.29, 1.82) is 0 Å². The van der Waals surface area contributed by atoms with Gasteiger partial charge in [0.2, 0.25) is 10.0 Å². The van der Waals surface area contributed by atoms with Gasteiger partial charge in [0, 0.05) is 18.8 Å². The molecule has 1 heterocycles. The molecule has 1 saturated heterocycles. The van der Waals surface area contributed by atoms with Gasteiger partial charge in [-0.25, -0.2) is 13.2 Å². The average molecular weight is 473 g/mol. The number of ether oxygens (including phenoxy) is 1. The number of nitrogens with zero attached hydrogens (tertiary/aromatic N) is 1. The van der Waals surface area contributed by atoms with Crippen LogP contribution in [0.4, 0.5) is 5.69 Å². The number of esters is 1. The molecule has 0 aliphatic carbocycles. The van der Waals surface area contributed by atoms with Crippen LogP contribution < -0.4 is 5.32 Å². The summed E-state index contributed by atoms with van der Waals surface area (Å²) < 4.78 is 32.9. The van der Waals surface area contributed by atoms with Crippen LogP contribution in [0.2, 0.25) is 0 Å². The van der Waals surface area contributed by atoms with Crippen molar-refractivity contribution in [3.63, 3.8) is 0 Å². The van der Waals surface area contributed by atoms with Gasteiger partial charge in [0.25, 0.3) is 5.91 Å². The number of aryl methyl sites for hydroxylation is 3. The summed E-state index contributed by atoms with van der Waals surface area (Å²) in [4.78, 5) is 25.4. The fourth-order valence-corrected chi connectivity index (χ4v) is 5.66. The highest BCUT2D eigenvalue weighted by Crippen LogP contribution is 2.23. The number of sulfonamides is 1. The Balaban J connectivity index is 1.71. The van der Waals surface area contributed by atoms with Gasteiger partial charge >= 0.3 is 5.97 Å². The molecule has 1 aliphatic heterocycles.